The molecule has 5 nitrogen and oxygen atoms in total. The average Bonchev–Trinajstić information content (AvgIpc) is 2.33. The molecule has 1 aliphatic rings. The van der Waals surface area contributed by atoms with Crippen LogP contribution in [0.1, 0.15) is 68.2 Å². The van der Waals surface area contributed by atoms with E-state index in [2.05, 4.69) is 20.8 Å². The molecule has 0 bridgehead atoms. The first-order valence-electron chi connectivity index (χ1n) is 8.53. The quantitative estimate of drug-likeness (QED) is 0.799. The van der Waals surface area contributed by atoms with Gasteiger partial charge in [0.1, 0.15) is 5.60 Å². The Bertz CT molecular complexity index is 412. The van der Waals surface area contributed by atoms with E-state index in [0.29, 0.717) is 19.4 Å². The van der Waals surface area contributed by atoms with Gasteiger partial charge in [-0.3, -0.25) is 0 Å². The van der Waals surface area contributed by atoms with E-state index < -0.39 is 27.1 Å². The average molecular weight is 346 g/mol. The Morgan fingerprint density at radius 2 is 1.70 bits per heavy atom. The molecule has 0 saturated carbocycles. The number of likely N-dealkylation sites (tertiary alicyclic amines) is 1. The summed E-state index contributed by atoms with van der Waals surface area (Å²) in [4.78, 5) is 14.3. The molecule has 0 unspecified atom stereocenters. The molecule has 0 aliphatic carbocycles. The lowest BCUT2D eigenvalue weighted by Gasteiger charge is -2.46. The summed E-state index contributed by atoms with van der Waals surface area (Å²) in [5, 5.41) is 10.3. The van der Waals surface area contributed by atoms with Gasteiger partial charge in [-0.1, -0.05) is 20.8 Å². The molecule has 1 N–H and O–H groups in total. The van der Waals surface area contributed by atoms with E-state index in [1.165, 1.54) is 0 Å². The zero-order chi connectivity index (χ0) is 18.1. The van der Waals surface area contributed by atoms with E-state index >= 15 is 0 Å². The highest BCUT2D eigenvalue weighted by molar-refractivity contribution is 6.31. The van der Waals surface area contributed by atoms with Gasteiger partial charge < -0.3 is 19.2 Å². The van der Waals surface area contributed by atoms with Crippen LogP contribution < -0.4 is 0 Å². The summed E-state index contributed by atoms with van der Waals surface area (Å²) in [5.74, 6) is 0. The van der Waals surface area contributed by atoms with Gasteiger partial charge in [0.2, 0.25) is 0 Å². The summed E-state index contributed by atoms with van der Waals surface area (Å²) in [6, 6.07) is -0.170. The lowest BCUT2D eigenvalue weighted by atomic mass is 9.88. The lowest BCUT2D eigenvalue weighted by molar-refractivity contribution is -0.0612. The van der Waals surface area contributed by atoms with Crippen LogP contribution in [0.3, 0.4) is 0 Å². The molecule has 0 aromatic carbocycles. The molecule has 0 spiro atoms. The van der Waals surface area contributed by atoms with Crippen LogP contribution in [0.5, 0.6) is 0 Å². The van der Waals surface area contributed by atoms with Gasteiger partial charge in [-0.15, -0.1) is 0 Å². The van der Waals surface area contributed by atoms with Crippen molar-refractivity contribution < 1.29 is 19.1 Å². The topological polar surface area (TPSA) is 59.0 Å². The van der Waals surface area contributed by atoms with Crippen molar-refractivity contribution in [1.82, 2.24) is 4.90 Å². The number of hydrogen-bond donors (Lipinski definition) is 1. The smallest absolute Gasteiger partial charge is 0.410 e. The number of hydrogen-bond acceptors (Lipinski definition) is 4. The fourth-order valence-electron chi connectivity index (χ4n) is 2.64. The highest BCUT2D eigenvalue weighted by Crippen LogP contribution is 2.32. The minimum absolute atomic E-state index is 0.170. The summed E-state index contributed by atoms with van der Waals surface area (Å²) >= 11 is 0. The SMILES string of the molecule is CC(C)(C)OC(=O)N1CC[C@H](O)C[C@@H]1C(C)(C)O[SiH2]C(C)(C)C. The normalized spacial score (nSPS) is 24.3. The van der Waals surface area contributed by atoms with Crippen molar-refractivity contribution in [3.63, 3.8) is 0 Å². The number of rotatable bonds is 3. The van der Waals surface area contributed by atoms with Crippen LogP contribution in [0.25, 0.3) is 0 Å². The molecule has 1 fully saturated rings. The van der Waals surface area contributed by atoms with Crippen molar-refractivity contribution in [2.45, 2.75) is 96.6 Å². The van der Waals surface area contributed by atoms with E-state index in [1.807, 2.05) is 34.6 Å². The zero-order valence-corrected chi connectivity index (χ0v) is 17.5. The van der Waals surface area contributed by atoms with Crippen LogP contribution >= 0.6 is 0 Å². The summed E-state index contributed by atoms with van der Waals surface area (Å²) < 4.78 is 11.8. The second-order valence-electron chi connectivity index (χ2n) is 9.32. The molecule has 1 heterocycles. The van der Waals surface area contributed by atoms with Crippen molar-refractivity contribution in [1.29, 1.82) is 0 Å². The molecular weight excluding hydrogens is 310 g/mol. The van der Waals surface area contributed by atoms with Crippen LogP contribution in [0.15, 0.2) is 0 Å². The molecule has 2 atom stereocenters. The van der Waals surface area contributed by atoms with Crippen LogP contribution in [-0.2, 0) is 9.16 Å². The number of carbonyl (C=O) groups excluding carboxylic acids is 1. The Kier molecular flexibility index (Phi) is 6.32. The number of aliphatic hydroxyl groups is 1. The second-order valence-corrected chi connectivity index (χ2v) is 12.0. The monoisotopic (exact) mass is 345 g/mol. The van der Waals surface area contributed by atoms with E-state index in [0.717, 1.165) is 0 Å². The van der Waals surface area contributed by atoms with Crippen molar-refractivity contribution in [2.75, 3.05) is 6.54 Å². The lowest BCUT2D eigenvalue weighted by Crippen LogP contribution is -2.59. The summed E-state index contributed by atoms with van der Waals surface area (Å²) in [7, 11) is -0.758. The minimum Gasteiger partial charge on any atom is -0.444 e. The molecule has 0 aromatic heterocycles. The molecule has 1 rings (SSSR count). The Morgan fingerprint density at radius 1 is 1.13 bits per heavy atom. The highest BCUT2D eigenvalue weighted by Gasteiger charge is 2.43. The number of carbonyl (C=O) groups is 1. The number of ether oxygens (including phenoxy) is 1. The Labute approximate surface area is 143 Å². The fraction of sp³-hybridized carbons (Fsp3) is 0.941. The van der Waals surface area contributed by atoms with E-state index in [-0.39, 0.29) is 17.2 Å². The van der Waals surface area contributed by atoms with Gasteiger partial charge in [0.05, 0.1) is 17.7 Å². The van der Waals surface area contributed by atoms with Crippen molar-refractivity contribution >= 4 is 15.9 Å². The van der Waals surface area contributed by atoms with E-state index in [9.17, 15) is 9.90 Å². The largest absolute Gasteiger partial charge is 0.444 e. The third-order valence-corrected chi connectivity index (χ3v) is 5.64. The summed E-state index contributed by atoms with van der Waals surface area (Å²) in [6.45, 7) is 16.7. The van der Waals surface area contributed by atoms with Crippen LogP contribution in [-0.4, -0.2) is 55.8 Å². The van der Waals surface area contributed by atoms with Gasteiger partial charge >= 0.3 is 6.09 Å². The first-order chi connectivity index (χ1) is 10.2. The van der Waals surface area contributed by atoms with Gasteiger partial charge in [0, 0.05) is 6.54 Å². The standard InChI is InChI=1S/C17H35NO4Si/c1-15(2,3)21-14(20)18-10-9-12(19)11-13(18)17(7,8)22-23-16(4,5)6/h12-13,19H,9-11,23H2,1-8H3/t12-,13+/m0/s1. The number of amides is 1. The summed E-state index contributed by atoms with van der Waals surface area (Å²) in [5.41, 5.74) is -1.01. The van der Waals surface area contributed by atoms with Gasteiger partial charge in [-0.05, 0) is 52.5 Å². The van der Waals surface area contributed by atoms with E-state index in [4.69, 9.17) is 9.16 Å². The molecule has 1 aliphatic heterocycles. The van der Waals surface area contributed by atoms with Crippen LogP contribution in [0, 0.1) is 0 Å². The maximum atomic E-state index is 12.6. The van der Waals surface area contributed by atoms with Gasteiger partial charge in [0.15, 0.2) is 9.76 Å². The molecule has 136 valence electrons. The molecule has 23 heavy (non-hydrogen) atoms. The Balaban J connectivity index is 2.89. The Hall–Kier alpha value is -0.593. The van der Waals surface area contributed by atoms with Crippen LogP contribution in [0.2, 0.25) is 5.04 Å². The van der Waals surface area contributed by atoms with Gasteiger partial charge in [-0.25, -0.2) is 4.79 Å². The maximum absolute atomic E-state index is 12.6. The van der Waals surface area contributed by atoms with Crippen molar-refractivity contribution in [3.8, 4) is 0 Å². The van der Waals surface area contributed by atoms with Gasteiger partial charge in [-0.2, -0.15) is 0 Å². The molecular formula is C17H35NO4Si. The fourth-order valence-corrected chi connectivity index (χ4v) is 3.64. The first kappa shape index (κ1) is 20.5. The number of aliphatic hydroxyl groups excluding tert-OH is 1. The Morgan fingerprint density at radius 3 is 2.17 bits per heavy atom. The van der Waals surface area contributed by atoms with Crippen LogP contribution in [0.4, 0.5) is 4.79 Å². The molecule has 1 saturated heterocycles. The van der Waals surface area contributed by atoms with Crippen molar-refractivity contribution in [3.05, 3.63) is 0 Å². The minimum atomic E-state index is -0.758. The number of piperidine rings is 1. The highest BCUT2D eigenvalue weighted by atomic mass is 28.2. The number of nitrogens with zero attached hydrogens (tertiary/aromatic N) is 1. The third kappa shape index (κ3) is 6.81. The predicted molar refractivity (Wildman–Crippen MR) is 95.4 cm³/mol. The zero-order valence-electron chi connectivity index (χ0n) is 16.1. The van der Waals surface area contributed by atoms with E-state index in [1.54, 1.807) is 4.90 Å². The molecule has 0 radical (unpaired) electrons. The first-order valence-corrected chi connectivity index (χ1v) is 9.81. The molecule has 6 heteroatoms. The second kappa shape index (κ2) is 7.11. The maximum Gasteiger partial charge on any atom is 0.410 e. The molecule has 0 aromatic rings. The molecule has 1 amide bonds. The van der Waals surface area contributed by atoms with Gasteiger partial charge in [0.25, 0.3) is 0 Å². The third-order valence-electron chi connectivity index (χ3n) is 3.88. The van der Waals surface area contributed by atoms with Crippen molar-refractivity contribution in [2.24, 2.45) is 0 Å². The summed E-state index contributed by atoms with van der Waals surface area (Å²) in [6.07, 6.45) is 0.411. The predicted octanol–water partition coefficient (Wildman–Crippen LogP) is 2.84.